The van der Waals surface area contributed by atoms with Crippen LogP contribution in [0.25, 0.3) is 22.2 Å². The molecule has 4 heteroatoms. The van der Waals surface area contributed by atoms with Crippen molar-refractivity contribution in [2.45, 2.75) is 26.5 Å². The van der Waals surface area contributed by atoms with Crippen molar-refractivity contribution in [3.05, 3.63) is 66.4 Å². The molecule has 0 aliphatic carbocycles. The highest BCUT2D eigenvalue weighted by molar-refractivity contribution is 5.85. The number of nitrogens with zero attached hydrogens (tertiary/aromatic N) is 3. The van der Waals surface area contributed by atoms with E-state index >= 15 is 0 Å². The van der Waals surface area contributed by atoms with E-state index in [4.69, 9.17) is 14.7 Å². The zero-order valence-electron chi connectivity index (χ0n) is 13.6. The molecule has 0 unspecified atom stereocenters. The first-order valence-electron chi connectivity index (χ1n) is 8.28. The largest absolute Gasteiger partial charge is 0.487 e. The highest BCUT2D eigenvalue weighted by Crippen LogP contribution is 2.22. The third-order valence-corrected chi connectivity index (χ3v) is 4.06. The molecule has 2 aromatic carbocycles. The number of ether oxygens (including phenoxy) is 1. The van der Waals surface area contributed by atoms with Crippen molar-refractivity contribution < 1.29 is 4.74 Å². The molecule has 4 nitrogen and oxygen atoms in total. The van der Waals surface area contributed by atoms with Gasteiger partial charge in [0.25, 0.3) is 0 Å². The summed E-state index contributed by atoms with van der Waals surface area (Å²) in [4.78, 5) is 9.57. The quantitative estimate of drug-likeness (QED) is 0.541. The minimum absolute atomic E-state index is 0.512. The summed E-state index contributed by atoms with van der Waals surface area (Å²) in [6, 6.07) is 20.0. The Morgan fingerprint density at radius 1 is 0.875 bits per heavy atom. The normalized spacial score (nSPS) is 11.2. The van der Waals surface area contributed by atoms with Crippen LogP contribution < -0.4 is 4.74 Å². The summed E-state index contributed by atoms with van der Waals surface area (Å²) in [5, 5.41) is 0. The average molecular weight is 317 g/mol. The van der Waals surface area contributed by atoms with Crippen molar-refractivity contribution in [1.82, 2.24) is 14.5 Å². The van der Waals surface area contributed by atoms with Gasteiger partial charge in [-0.2, -0.15) is 0 Å². The predicted molar refractivity (Wildman–Crippen MR) is 96.1 cm³/mol. The third kappa shape index (κ3) is 2.71. The molecule has 120 valence electrons. The summed E-state index contributed by atoms with van der Waals surface area (Å²) in [5.41, 5.74) is 4.81. The second-order valence-corrected chi connectivity index (χ2v) is 5.81. The summed E-state index contributed by atoms with van der Waals surface area (Å²) >= 11 is 0. The molecule has 2 aromatic heterocycles. The number of hydrogen-bond acceptors (Lipinski definition) is 3. The fraction of sp³-hybridized carbons (Fsp3) is 0.200. The minimum atomic E-state index is 0.512. The van der Waals surface area contributed by atoms with E-state index in [1.807, 2.05) is 54.6 Å². The molecular formula is C20H19N3O. The number of rotatable bonds is 5. The first kappa shape index (κ1) is 14.7. The van der Waals surface area contributed by atoms with Crippen LogP contribution in [0.2, 0.25) is 0 Å². The van der Waals surface area contributed by atoms with Gasteiger partial charge in [-0.15, -0.1) is 0 Å². The smallest absolute Gasteiger partial charge is 0.159 e. The average Bonchev–Trinajstić information content (AvgIpc) is 2.96. The van der Waals surface area contributed by atoms with Gasteiger partial charge in [-0.1, -0.05) is 37.3 Å². The number of fused-ring (bicyclic) bond motifs is 2. The standard InChI is InChI=1S/C20H19N3O/c1-2-12-23-15(14-24-16-8-4-3-5-9-16)13-19-20(23)22-18-11-7-6-10-17(18)21-19/h3-11,13H,2,12,14H2,1H3. The third-order valence-electron chi connectivity index (χ3n) is 4.06. The van der Waals surface area contributed by atoms with E-state index in [0.29, 0.717) is 6.61 Å². The molecule has 0 fully saturated rings. The van der Waals surface area contributed by atoms with E-state index in [1.54, 1.807) is 0 Å². The van der Waals surface area contributed by atoms with E-state index < -0.39 is 0 Å². The topological polar surface area (TPSA) is 39.9 Å². The second-order valence-electron chi connectivity index (χ2n) is 5.81. The molecule has 0 bridgehead atoms. The number of aromatic nitrogens is 3. The molecule has 0 saturated heterocycles. The number of para-hydroxylation sites is 3. The second kappa shape index (κ2) is 6.32. The zero-order valence-corrected chi connectivity index (χ0v) is 13.6. The predicted octanol–water partition coefficient (Wildman–Crippen LogP) is 4.57. The van der Waals surface area contributed by atoms with Crippen molar-refractivity contribution in [1.29, 1.82) is 0 Å². The van der Waals surface area contributed by atoms with Crippen LogP contribution in [0.3, 0.4) is 0 Å². The Labute approximate surface area is 140 Å². The van der Waals surface area contributed by atoms with Gasteiger partial charge in [0.05, 0.1) is 16.7 Å². The van der Waals surface area contributed by atoms with Gasteiger partial charge in [-0.05, 0) is 36.8 Å². The summed E-state index contributed by atoms with van der Waals surface area (Å²) in [7, 11) is 0. The summed E-state index contributed by atoms with van der Waals surface area (Å²) in [6.45, 7) is 3.59. The van der Waals surface area contributed by atoms with Crippen molar-refractivity contribution in [2.75, 3.05) is 0 Å². The highest BCUT2D eigenvalue weighted by atomic mass is 16.5. The van der Waals surface area contributed by atoms with Crippen LogP contribution in [0, 0.1) is 0 Å². The molecule has 4 rings (SSSR count). The molecule has 0 N–H and O–H groups in total. The minimum Gasteiger partial charge on any atom is -0.487 e. The Morgan fingerprint density at radius 3 is 2.33 bits per heavy atom. The highest BCUT2D eigenvalue weighted by Gasteiger charge is 2.12. The van der Waals surface area contributed by atoms with E-state index in [9.17, 15) is 0 Å². The Balaban J connectivity index is 1.75. The lowest BCUT2D eigenvalue weighted by Crippen LogP contribution is -2.06. The molecule has 4 aromatic rings. The molecule has 0 amide bonds. The Kier molecular flexibility index (Phi) is 3.87. The summed E-state index contributed by atoms with van der Waals surface area (Å²) < 4.78 is 8.15. The van der Waals surface area contributed by atoms with Crippen molar-refractivity contribution >= 4 is 22.2 Å². The fourth-order valence-corrected chi connectivity index (χ4v) is 2.94. The molecule has 0 aliphatic heterocycles. The van der Waals surface area contributed by atoms with Crippen LogP contribution in [0.1, 0.15) is 19.0 Å². The van der Waals surface area contributed by atoms with Crippen molar-refractivity contribution in [2.24, 2.45) is 0 Å². The zero-order chi connectivity index (χ0) is 16.4. The van der Waals surface area contributed by atoms with Gasteiger partial charge in [0.1, 0.15) is 17.9 Å². The number of hydrogen-bond donors (Lipinski definition) is 0. The number of benzene rings is 2. The lowest BCUT2D eigenvalue weighted by molar-refractivity contribution is 0.295. The van der Waals surface area contributed by atoms with Crippen LogP contribution >= 0.6 is 0 Å². The van der Waals surface area contributed by atoms with Crippen LogP contribution in [-0.4, -0.2) is 14.5 Å². The van der Waals surface area contributed by atoms with Gasteiger partial charge in [0, 0.05) is 6.54 Å². The lowest BCUT2D eigenvalue weighted by atomic mass is 10.3. The van der Waals surface area contributed by atoms with E-state index in [0.717, 1.165) is 46.6 Å². The Morgan fingerprint density at radius 2 is 1.58 bits per heavy atom. The van der Waals surface area contributed by atoms with Gasteiger partial charge >= 0.3 is 0 Å². The van der Waals surface area contributed by atoms with Gasteiger partial charge in [-0.3, -0.25) is 0 Å². The van der Waals surface area contributed by atoms with Crippen LogP contribution in [0.5, 0.6) is 5.75 Å². The van der Waals surface area contributed by atoms with Crippen LogP contribution in [-0.2, 0) is 13.2 Å². The van der Waals surface area contributed by atoms with Crippen molar-refractivity contribution in [3.63, 3.8) is 0 Å². The maximum Gasteiger partial charge on any atom is 0.159 e. The lowest BCUT2D eigenvalue weighted by Gasteiger charge is -2.10. The Bertz CT molecular complexity index is 976. The molecule has 24 heavy (non-hydrogen) atoms. The van der Waals surface area contributed by atoms with E-state index in [1.165, 1.54) is 0 Å². The first-order valence-corrected chi connectivity index (χ1v) is 8.28. The van der Waals surface area contributed by atoms with Crippen molar-refractivity contribution in [3.8, 4) is 5.75 Å². The fourth-order valence-electron chi connectivity index (χ4n) is 2.94. The molecule has 0 atom stereocenters. The molecular weight excluding hydrogens is 298 g/mol. The Hall–Kier alpha value is -2.88. The first-order chi connectivity index (χ1) is 11.8. The van der Waals surface area contributed by atoms with Crippen LogP contribution in [0.4, 0.5) is 0 Å². The molecule has 0 saturated carbocycles. The van der Waals surface area contributed by atoms with Gasteiger partial charge in [0.15, 0.2) is 5.65 Å². The molecule has 0 spiro atoms. The number of aryl methyl sites for hydroxylation is 1. The molecule has 2 heterocycles. The molecule has 0 radical (unpaired) electrons. The monoisotopic (exact) mass is 317 g/mol. The van der Waals surface area contributed by atoms with Crippen LogP contribution in [0.15, 0.2) is 60.7 Å². The maximum absolute atomic E-state index is 5.93. The van der Waals surface area contributed by atoms with Gasteiger partial charge in [0.2, 0.25) is 0 Å². The molecule has 0 aliphatic rings. The van der Waals surface area contributed by atoms with E-state index in [-0.39, 0.29) is 0 Å². The summed E-state index contributed by atoms with van der Waals surface area (Å²) in [6.07, 6.45) is 1.04. The SMILES string of the molecule is CCCn1c(COc2ccccc2)cc2nc3ccccc3nc21. The van der Waals surface area contributed by atoms with Gasteiger partial charge in [-0.25, -0.2) is 9.97 Å². The van der Waals surface area contributed by atoms with Gasteiger partial charge < -0.3 is 9.30 Å². The maximum atomic E-state index is 5.93. The summed E-state index contributed by atoms with van der Waals surface area (Å²) in [5.74, 6) is 0.872. The van der Waals surface area contributed by atoms with E-state index in [2.05, 4.69) is 17.6 Å².